The molecule has 0 aliphatic carbocycles. The highest BCUT2D eigenvalue weighted by Crippen LogP contribution is 2.34. The molecule has 0 saturated heterocycles. The van der Waals surface area contributed by atoms with Gasteiger partial charge in [-0.15, -0.1) is 0 Å². The predicted molar refractivity (Wildman–Crippen MR) is 52.1 cm³/mol. The number of nitrogens with two attached hydrogens (primary N) is 1. The maximum atomic E-state index is 12.5. The Labute approximate surface area is 95.2 Å². The minimum atomic E-state index is -4.19. The van der Waals surface area contributed by atoms with Crippen molar-refractivity contribution < 1.29 is 21.9 Å². The van der Waals surface area contributed by atoms with E-state index in [-0.39, 0.29) is 5.75 Å². The van der Waals surface area contributed by atoms with Crippen molar-refractivity contribution in [3.8, 4) is 5.75 Å². The fourth-order valence-electron chi connectivity index (χ4n) is 0.941. The molecule has 0 aliphatic heterocycles. The number of pyridine rings is 1. The van der Waals surface area contributed by atoms with Crippen molar-refractivity contribution in [3.63, 3.8) is 0 Å². The molecular formula is C7H7ClF2N2O3S. The zero-order valence-electron chi connectivity index (χ0n) is 7.95. The van der Waals surface area contributed by atoms with Crippen molar-refractivity contribution >= 4 is 21.6 Å². The average Bonchev–Trinajstić information content (AvgIpc) is 2.15. The van der Waals surface area contributed by atoms with Gasteiger partial charge in [-0.2, -0.15) is 0 Å². The summed E-state index contributed by atoms with van der Waals surface area (Å²) in [6.45, 7) is 0. The van der Waals surface area contributed by atoms with Crippen LogP contribution in [0.2, 0.25) is 5.02 Å². The van der Waals surface area contributed by atoms with Crippen molar-refractivity contribution in [2.24, 2.45) is 5.14 Å². The number of sulfonamides is 1. The minimum Gasteiger partial charge on any atom is -0.495 e. The van der Waals surface area contributed by atoms with E-state index in [0.29, 0.717) is 0 Å². The lowest BCUT2D eigenvalue weighted by Crippen LogP contribution is -2.15. The van der Waals surface area contributed by atoms with Crippen molar-refractivity contribution in [2.45, 2.75) is 11.5 Å². The number of ether oxygens (including phenoxy) is 1. The zero-order chi connectivity index (χ0) is 12.5. The first-order valence-corrected chi connectivity index (χ1v) is 5.75. The monoisotopic (exact) mass is 272 g/mol. The molecule has 1 aromatic rings. The molecule has 0 bridgehead atoms. The van der Waals surface area contributed by atoms with Gasteiger partial charge in [0.15, 0.2) is 5.03 Å². The second-order valence-corrected chi connectivity index (χ2v) is 4.59. The smallest absolute Gasteiger partial charge is 0.282 e. The van der Waals surface area contributed by atoms with E-state index in [1.165, 1.54) is 0 Å². The Morgan fingerprint density at radius 2 is 2.12 bits per heavy atom. The lowest BCUT2D eigenvalue weighted by Gasteiger charge is -2.09. The highest BCUT2D eigenvalue weighted by atomic mass is 35.5. The highest BCUT2D eigenvalue weighted by Gasteiger charge is 2.22. The minimum absolute atomic E-state index is 0.226. The Balaban J connectivity index is 3.53. The van der Waals surface area contributed by atoms with E-state index in [9.17, 15) is 17.2 Å². The summed E-state index contributed by atoms with van der Waals surface area (Å²) in [5.41, 5.74) is -0.884. The first-order valence-electron chi connectivity index (χ1n) is 3.82. The number of primary sulfonamides is 1. The summed E-state index contributed by atoms with van der Waals surface area (Å²) < 4.78 is 51.5. The third kappa shape index (κ3) is 2.57. The van der Waals surface area contributed by atoms with Crippen LogP contribution in [0.3, 0.4) is 0 Å². The van der Waals surface area contributed by atoms with Crippen LogP contribution in [0.15, 0.2) is 11.1 Å². The van der Waals surface area contributed by atoms with Crippen LogP contribution in [0, 0.1) is 0 Å². The van der Waals surface area contributed by atoms with Gasteiger partial charge in [0.2, 0.25) is 0 Å². The van der Waals surface area contributed by atoms with E-state index >= 15 is 0 Å². The van der Waals surface area contributed by atoms with E-state index in [0.717, 1.165) is 13.2 Å². The van der Waals surface area contributed by atoms with Gasteiger partial charge < -0.3 is 4.74 Å². The fourth-order valence-corrected chi connectivity index (χ4v) is 1.69. The zero-order valence-corrected chi connectivity index (χ0v) is 9.52. The van der Waals surface area contributed by atoms with Crippen LogP contribution in [0.1, 0.15) is 12.1 Å². The normalized spacial score (nSPS) is 11.9. The molecule has 16 heavy (non-hydrogen) atoms. The SMILES string of the molecule is COc1cc(S(N)(=O)=O)nc(C(F)F)c1Cl. The van der Waals surface area contributed by atoms with Crippen LogP contribution in [0.4, 0.5) is 8.78 Å². The van der Waals surface area contributed by atoms with Crippen LogP contribution in [0.25, 0.3) is 0 Å². The van der Waals surface area contributed by atoms with Gasteiger partial charge in [0.25, 0.3) is 16.4 Å². The quantitative estimate of drug-likeness (QED) is 0.900. The maximum Gasteiger partial charge on any atom is 0.282 e. The molecule has 1 heterocycles. The van der Waals surface area contributed by atoms with E-state index in [1.54, 1.807) is 0 Å². The number of hydrogen-bond donors (Lipinski definition) is 1. The molecule has 2 N–H and O–H groups in total. The van der Waals surface area contributed by atoms with E-state index in [2.05, 4.69) is 9.72 Å². The highest BCUT2D eigenvalue weighted by molar-refractivity contribution is 7.89. The Hall–Kier alpha value is -0.990. The Morgan fingerprint density at radius 3 is 2.50 bits per heavy atom. The molecule has 0 radical (unpaired) electrons. The molecule has 0 amide bonds. The van der Waals surface area contributed by atoms with E-state index < -0.39 is 32.2 Å². The lowest BCUT2D eigenvalue weighted by atomic mass is 10.3. The van der Waals surface area contributed by atoms with Gasteiger partial charge in [0.1, 0.15) is 16.5 Å². The number of rotatable bonds is 3. The predicted octanol–water partition coefficient (Wildman–Crippen LogP) is 1.33. The summed E-state index contributed by atoms with van der Waals surface area (Å²) >= 11 is 5.52. The number of aromatic nitrogens is 1. The van der Waals surface area contributed by atoms with Crippen LogP contribution in [-0.2, 0) is 10.0 Å². The van der Waals surface area contributed by atoms with Crippen molar-refractivity contribution in [1.29, 1.82) is 0 Å². The van der Waals surface area contributed by atoms with Gasteiger partial charge in [0, 0.05) is 6.07 Å². The summed E-state index contributed by atoms with van der Waals surface area (Å²) in [5, 5.41) is 3.61. The third-order valence-electron chi connectivity index (χ3n) is 1.64. The molecule has 0 saturated carbocycles. The second-order valence-electron chi connectivity index (χ2n) is 2.71. The number of methoxy groups -OCH3 is 1. The van der Waals surface area contributed by atoms with Crippen LogP contribution in [0.5, 0.6) is 5.75 Å². The standard InChI is InChI=1S/C7H7ClF2N2O3S/c1-15-3-2-4(16(11,13)14)12-6(5(3)8)7(9)10/h2,7H,1H3,(H2,11,13,14). The maximum absolute atomic E-state index is 12.5. The van der Waals surface area contributed by atoms with Gasteiger partial charge in [-0.1, -0.05) is 11.6 Å². The summed E-state index contributed by atoms with van der Waals surface area (Å²) in [5.74, 6) is -0.226. The molecule has 0 spiro atoms. The number of halogens is 3. The summed E-state index contributed by atoms with van der Waals surface area (Å²) in [6, 6.07) is 0.879. The molecule has 0 atom stereocenters. The molecule has 9 heteroatoms. The molecule has 1 rings (SSSR count). The second kappa shape index (κ2) is 4.48. The molecule has 0 fully saturated rings. The van der Waals surface area contributed by atoms with Gasteiger partial charge in [-0.3, -0.25) is 0 Å². The molecule has 0 aliphatic rings. The number of hydrogen-bond acceptors (Lipinski definition) is 4. The Morgan fingerprint density at radius 1 is 1.56 bits per heavy atom. The largest absolute Gasteiger partial charge is 0.495 e. The number of alkyl halides is 2. The first kappa shape index (κ1) is 13.1. The average molecular weight is 273 g/mol. The van der Waals surface area contributed by atoms with E-state index in [4.69, 9.17) is 16.7 Å². The molecule has 5 nitrogen and oxygen atoms in total. The molecule has 1 aromatic heterocycles. The fraction of sp³-hybridized carbons (Fsp3) is 0.286. The summed E-state index contributed by atoms with van der Waals surface area (Å²) in [7, 11) is -3.04. The van der Waals surface area contributed by atoms with E-state index in [1.807, 2.05) is 0 Å². The van der Waals surface area contributed by atoms with Crippen LogP contribution < -0.4 is 9.88 Å². The van der Waals surface area contributed by atoms with Gasteiger partial charge in [-0.05, 0) is 0 Å². The van der Waals surface area contributed by atoms with Crippen molar-refractivity contribution in [1.82, 2.24) is 4.98 Å². The molecule has 0 aromatic carbocycles. The van der Waals surface area contributed by atoms with Gasteiger partial charge in [-0.25, -0.2) is 27.3 Å². The summed E-state index contributed by atoms with van der Waals surface area (Å²) in [4.78, 5) is 3.18. The molecule has 90 valence electrons. The van der Waals surface area contributed by atoms with Gasteiger partial charge >= 0.3 is 0 Å². The van der Waals surface area contributed by atoms with Crippen molar-refractivity contribution in [3.05, 3.63) is 16.8 Å². The lowest BCUT2D eigenvalue weighted by molar-refractivity contribution is 0.145. The Kier molecular flexibility index (Phi) is 3.66. The Bertz CT molecular complexity index is 507. The third-order valence-corrected chi connectivity index (χ3v) is 2.82. The van der Waals surface area contributed by atoms with Crippen LogP contribution >= 0.6 is 11.6 Å². The molecular weight excluding hydrogens is 266 g/mol. The molecule has 0 unspecified atom stereocenters. The van der Waals surface area contributed by atoms with Gasteiger partial charge in [0.05, 0.1) is 7.11 Å². The summed E-state index contributed by atoms with van der Waals surface area (Å²) in [6.07, 6.45) is -3.02. The van der Waals surface area contributed by atoms with Crippen molar-refractivity contribution in [2.75, 3.05) is 7.11 Å². The number of nitrogens with zero attached hydrogens (tertiary/aromatic N) is 1. The topological polar surface area (TPSA) is 82.3 Å². The van der Waals surface area contributed by atoms with Crippen LogP contribution in [-0.4, -0.2) is 20.5 Å². The first-order chi connectivity index (χ1) is 7.27.